The molecule has 0 saturated heterocycles. The van der Waals surface area contributed by atoms with Gasteiger partial charge in [0.1, 0.15) is 23.1 Å². The van der Waals surface area contributed by atoms with E-state index in [-0.39, 0.29) is 92.0 Å². The van der Waals surface area contributed by atoms with Gasteiger partial charge in [-0.2, -0.15) is 0 Å². The van der Waals surface area contributed by atoms with Gasteiger partial charge in [0.15, 0.2) is 23.1 Å². The quantitative estimate of drug-likeness (QED) is 0.0841. The number of ether oxygens (including phenoxy) is 2. The molecule has 10 rings (SSSR count). The molecule has 0 aliphatic carbocycles. The normalized spacial score (nSPS) is 13.2. The fourth-order valence-electron chi connectivity index (χ4n) is 13.9. The van der Waals surface area contributed by atoms with Crippen LogP contribution in [0, 0.1) is 41.0 Å². The zero-order valence-corrected chi connectivity index (χ0v) is 56.7. The van der Waals surface area contributed by atoms with E-state index >= 15 is 17.6 Å². The number of aromatic hydroxyl groups is 2. The third kappa shape index (κ3) is 12.8. The van der Waals surface area contributed by atoms with Gasteiger partial charge in [0.05, 0.1) is 46.7 Å². The monoisotopic (exact) mass is 1220 g/mol. The number of benzene rings is 8. The SMILES string of the molecule is Cc1ccc2c3ccc(C(C)(C)C)cc3n(-c3cc(C(C)(C)CC(C)(C)C)cc(-c4cc(F)cc(F)c4OCCCOc4c(F)cc(F)cc4-c4cc(C(C)(C)CC(C)(C)C)cc(-n5c6cc(C(C)(C)C)ccc6c6ccc(C(C)(C)C)cc65)c4O)c3O)c2c1. The molecule has 0 aliphatic heterocycles. The Morgan fingerprint density at radius 3 is 1.01 bits per heavy atom. The molecular formula is C80H92F4N2O4. The van der Waals surface area contributed by atoms with Gasteiger partial charge in [-0.25, -0.2) is 17.6 Å². The topological polar surface area (TPSA) is 68.8 Å². The standard InChI is InChI=1S/C80H92F4N2O4/c1-46-22-26-54-55-27-23-47(76(8,9)10)35-65(55)85(64(54)32-46)68-38-50(79(17,18)44-74(2,3)4)33-58(70(68)87)60-40-52(81)42-62(83)72(60)89-30-21-31-90-73-61(41-53(82)43-63(73)84)59-34-51(80(19,20)45-75(5,6)7)39-69(71(59)88)86-66-36-48(77(11,12)13)24-28-56(66)57-29-25-49(37-67(57)86)78(14,15)16/h22-29,32-43,87-88H,21,30-31,44-45H2,1-20H3. The number of hydrogen-bond acceptors (Lipinski definition) is 4. The number of phenolic OH excluding ortho intramolecular Hbond substituents is 2. The van der Waals surface area contributed by atoms with Crippen LogP contribution in [0.2, 0.25) is 0 Å². The molecule has 90 heavy (non-hydrogen) atoms. The van der Waals surface area contributed by atoms with Crippen molar-refractivity contribution >= 4 is 43.6 Å². The maximum atomic E-state index is 16.7. The predicted molar refractivity (Wildman–Crippen MR) is 366 cm³/mol. The third-order valence-electron chi connectivity index (χ3n) is 17.8. The highest BCUT2D eigenvalue weighted by Crippen LogP contribution is 2.51. The first kappa shape index (κ1) is 65.2. The summed E-state index contributed by atoms with van der Waals surface area (Å²) in [6.45, 7) is 42.8. The van der Waals surface area contributed by atoms with Crippen molar-refractivity contribution in [2.45, 2.75) is 185 Å². The number of phenols is 2. The number of fused-ring (bicyclic) bond motifs is 6. The summed E-state index contributed by atoms with van der Waals surface area (Å²) in [5.74, 6) is -4.63. The van der Waals surface area contributed by atoms with Crippen LogP contribution in [0.1, 0.15) is 184 Å². The van der Waals surface area contributed by atoms with E-state index in [2.05, 4.69) is 213 Å². The molecule has 8 aromatic carbocycles. The van der Waals surface area contributed by atoms with Gasteiger partial charge in [0.2, 0.25) is 0 Å². The van der Waals surface area contributed by atoms with Crippen molar-refractivity contribution < 1.29 is 37.2 Å². The zero-order valence-electron chi connectivity index (χ0n) is 56.7. The van der Waals surface area contributed by atoms with Crippen LogP contribution in [-0.4, -0.2) is 32.6 Å². The summed E-state index contributed by atoms with van der Waals surface area (Å²) in [6, 6.07) is 37.2. The summed E-state index contributed by atoms with van der Waals surface area (Å²) >= 11 is 0. The van der Waals surface area contributed by atoms with Gasteiger partial charge in [-0.1, -0.05) is 180 Å². The number of nitrogens with zero attached hydrogens (tertiary/aromatic N) is 2. The largest absolute Gasteiger partial charge is 0.505 e. The van der Waals surface area contributed by atoms with Crippen molar-refractivity contribution in [2.75, 3.05) is 13.2 Å². The molecule has 0 amide bonds. The van der Waals surface area contributed by atoms with Crippen LogP contribution in [0.4, 0.5) is 17.6 Å². The Bertz CT molecular complexity index is 4370. The van der Waals surface area contributed by atoms with E-state index in [0.717, 1.165) is 102 Å². The van der Waals surface area contributed by atoms with E-state index in [9.17, 15) is 10.2 Å². The molecule has 0 bridgehead atoms. The van der Waals surface area contributed by atoms with E-state index in [1.807, 2.05) is 31.2 Å². The highest BCUT2D eigenvalue weighted by molar-refractivity contribution is 6.11. The lowest BCUT2D eigenvalue weighted by molar-refractivity contribution is 0.236. The minimum atomic E-state index is -0.979. The Morgan fingerprint density at radius 2 is 0.689 bits per heavy atom. The number of aryl methyl sites for hydroxylation is 1. The van der Waals surface area contributed by atoms with Gasteiger partial charge in [-0.15, -0.1) is 0 Å². The van der Waals surface area contributed by atoms with Gasteiger partial charge >= 0.3 is 0 Å². The van der Waals surface area contributed by atoms with E-state index in [1.54, 1.807) is 0 Å². The van der Waals surface area contributed by atoms with Crippen molar-refractivity contribution in [2.24, 2.45) is 10.8 Å². The Kier molecular flexibility index (Phi) is 16.6. The van der Waals surface area contributed by atoms with Crippen LogP contribution < -0.4 is 9.47 Å². The summed E-state index contributed by atoms with van der Waals surface area (Å²) in [6.07, 6.45) is 1.53. The van der Waals surface area contributed by atoms with Crippen LogP contribution in [0.5, 0.6) is 23.0 Å². The molecule has 10 heteroatoms. The van der Waals surface area contributed by atoms with Gasteiger partial charge in [0.25, 0.3) is 0 Å². The lowest BCUT2D eigenvalue weighted by atomic mass is 9.71. The maximum absolute atomic E-state index is 16.7. The molecule has 0 spiro atoms. The van der Waals surface area contributed by atoms with Crippen LogP contribution >= 0.6 is 0 Å². The molecule has 10 aromatic rings. The molecule has 0 fully saturated rings. The molecule has 2 aromatic heterocycles. The van der Waals surface area contributed by atoms with Gasteiger partial charge in [0, 0.05) is 62.4 Å². The summed E-state index contributed by atoms with van der Waals surface area (Å²) in [5, 5.41) is 29.9. The number of rotatable bonds is 14. The predicted octanol–water partition coefficient (Wildman–Crippen LogP) is 22.7. The molecule has 6 nitrogen and oxygen atoms in total. The van der Waals surface area contributed by atoms with E-state index in [4.69, 9.17) is 9.47 Å². The molecule has 0 unspecified atom stereocenters. The molecule has 2 heterocycles. The van der Waals surface area contributed by atoms with Crippen LogP contribution in [0.3, 0.4) is 0 Å². The first-order chi connectivity index (χ1) is 41.6. The van der Waals surface area contributed by atoms with Crippen molar-refractivity contribution in [3.05, 3.63) is 178 Å². The molecule has 0 atom stereocenters. The second kappa shape index (κ2) is 22.9. The summed E-state index contributed by atoms with van der Waals surface area (Å²) in [7, 11) is 0. The fourth-order valence-corrected chi connectivity index (χ4v) is 13.9. The summed E-state index contributed by atoms with van der Waals surface area (Å²) in [5.41, 5.74) is 8.87. The van der Waals surface area contributed by atoms with E-state index in [1.165, 1.54) is 12.1 Å². The van der Waals surface area contributed by atoms with E-state index in [0.29, 0.717) is 11.4 Å². The molecular weight excluding hydrogens is 1130 g/mol. The Labute approximate surface area is 530 Å². The summed E-state index contributed by atoms with van der Waals surface area (Å²) in [4.78, 5) is 0. The van der Waals surface area contributed by atoms with Crippen molar-refractivity contribution in [3.63, 3.8) is 0 Å². The molecule has 474 valence electrons. The van der Waals surface area contributed by atoms with Crippen LogP contribution in [0.15, 0.2) is 121 Å². The third-order valence-corrected chi connectivity index (χ3v) is 17.8. The molecule has 0 aliphatic rings. The minimum absolute atomic E-state index is 0.00700. The van der Waals surface area contributed by atoms with Crippen molar-refractivity contribution in [1.82, 2.24) is 9.13 Å². The highest BCUT2D eigenvalue weighted by Gasteiger charge is 2.34. The first-order valence-corrected chi connectivity index (χ1v) is 31.8. The number of aromatic nitrogens is 2. The highest BCUT2D eigenvalue weighted by atomic mass is 19.1. The number of hydrogen-bond donors (Lipinski definition) is 2. The van der Waals surface area contributed by atoms with E-state index < -0.39 is 34.1 Å². The fraction of sp³-hybridized carbons (Fsp3) is 0.400. The minimum Gasteiger partial charge on any atom is -0.505 e. The Balaban J connectivity index is 1.06. The molecule has 0 saturated carbocycles. The maximum Gasteiger partial charge on any atom is 0.168 e. The Hall–Kier alpha value is -7.72. The van der Waals surface area contributed by atoms with Crippen molar-refractivity contribution in [3.8, 4) is 56.6 Å². The van der Waals surface area contributed by atoms with Crippen LogP contribution in [0.25, 0.3) is 77.2 Å². The molecule has 0 radical (unpaired) electrons. The smallest absolute Gasteiger partial charge is 0.168 e. The van der Waals surface area contributed by atoms with Crippen LogP contribution in [-0.2, 0) is 27.1 Å². The average Bonchev–Trinajstić information content (AvgIpc) is 1.51. The average molecular weight is 1220 g/mol. The van der Waals surface area contributed by atoms with Crippen molar-refractivity contribution in [1.29, 1.82) is 0 Å². The lowest BCUT2D eigenvalue weighted by Crippen LogP contribution is -2.25. The zero-order chi connectivity index (χ0) is 65.9. The number of halogens is 4. The van der Waals surface area contributed by atoms with Gasteiger partial charge in [-0.05, 0) is 152 Å². The second-order valence-corrected chi connectivity index (χ2v) is 32.2. The van der Waals surface area contributed by atoms with Gasteiger partial charge in [-0.3, -0.25) is 0 Å². The first-order valence-electron chi connectivity index (χ1n) is 31.8. The summed E-state index contributed by atoms with van der Waals surface area (Å²) < 4.78 is 82.2. The lowest BCUT2D eigenvalue weighted by Gasteiger charge is -2.34. The second-order valence-electron chi connectivity index (χ2n) is 32.2. The Morgan fingerprint density at radius 1 is 0.367 bits per heavy atom. The molecule has 2 N–H and O–H groups in total. The van der Waals surface area contributed by atoms with Gasteiger partial charge < -0.3 is 28.8 Å².